The molecule has 0 saturated carbocycles. The van der Waals surface area contributed by atoms with E-state index in [1.165, 1.54) is 18.4 Å². The lowest BCUT2D eigenvalue weighted by Gasteiger charge is -2.22. The fourth-order valence-electron chi connectivity index (χ4n) is 2.51. The second-order valence-corrected chi connectivity index (χ2v) is 4.96. The van der Waals surface area contributed by atoms with Crippen molar-refractivity contribution in [3.8, 4) is 0 Å². The standard InChI is InChI=1S/C13H22N2O/c1-4-7-14-8-11-12-9(2)5-6-10(3)13(12)16-15-11/h9-10,14H,4-8H2,1-3H3. The summed E-state index contributed by atoms with van der Waals surface area (Å²) in [7, 11) is 0. The summed E-state index contributed by atoms with van der Waals surface area (Å²) < 4.78 is 5.51. The van der Waals surface area contributed by atoms with Crippen molar-refractivity contribution < 1.29 is 4.52 Å². The number of hydrogen-bond donors (Lipinski definition) is 1. The molecular formula is C13H22N2O. The van der Waals surface area contributed by atoms with Crippen LogP contribution in [0.15, 0.2) is 4.52 Å². The second kappa shape index (κ2) is 5.00. The molecule has 0 aromatic carbocycles. The number of nitrogens with zero attached hydrogens (tertiary/aromatic N) is 1. The number of hydrogen-bond acceptors (Lipinski definition) is 3. The van der Waals surface area contributed by atoms with Crippen LogP contribution in [0.1, 0.15) is 68.9 Å². The van der Waals surface area contributed by atoms with Crippen LogP contribution >= 0.6 is 0 Å². The summed E-state index contributed by atoms with van der Waals surface area (Å²) in [6, 6.07) is 0. The first-order chi connectivity index (χ1) is 7.74. The molecule has 1 aliphatic rings. The molecule has 2 unspecified atom stereocenters. The summed E-state index contributed by atoms with van der Waals surface area (Å²) in [5, 5.41) is 7.63. The molecule has 0 bridgehead atoms. The number of fused-ring (bicyclic) bond motifs is 1. The monoisotopic (exact) mass is 222 g/mol. The molecule has 2 atom stereocenters. The number of rotatable bonds is 4. The van der Waals surface area contributed by atoms with Gasteiger partial charge in [-0.25, -0.2) is 0 Å². The van der Waals surface area contributed by atoms with Crippen LogP contribution < -0.4 is 5.32 Å². The number of aromatic nitrogens is 1. The first-order valence-corrected chi connectivity index (χ1v) is 6.43. The summed E-state index contributed by atoms with van der Waals surface area (Å²) in [6.07, 6.45) is 3.65. The highest BCUT2D eigenvalue weighted by molar-refractivity contribution is 5.31. The Morgan fingerprint density at radius 1 is 1.31 bits per heavy atom. The van der Waals surface area contributed by atoms with E-state index in [9.17, 15) is 0 Å². The van der Waals surface area contributed by atoms with Crippen LogP contribution in [0.3, 0.4) is 0 Å². The van der Waals surface area contributed by atoms with E-state index in [2.05, 4.69) is 31.2 Å². The van der Waals surface area contributed by atoms with Gasteiger partial charge in [0.1, 0.15) is 11.5 Å². The largest absolute Gasteiger partial charge is 0.361 e. The van der Waals surface area contributed by atoms with Gasteiger partial charge in [0.25, 0.3) is 0 Å². The van der Waals surface area contributed by atoms with Crippen molar-refractivity contribution in [1.29, 1.82) is 0 Å². The van der Waals surface area contributed by atoms with E-state index in [4.69, 9.17) is 4.52 Å². The van der Waals surface area contributed by atoms with E-state index in [0.29, 0.717) is 11.8 Å². The molecule has 1 aliphatic carbocycles. The normalized spacial score (nSPS) is 24.4. The first kappa shape index (κ1) is 11.6. The minimum Gasteiger partial charge on any atom is -0.361 e. The van der Waals surface area contributed by atoms with Crippen LogP contribution in [0.4, 0.5) is 0 Å². The molecule has 0 amide bonds. The molecule has 16 heavy (non-hydrogen) atoms. The predicted octanol–water partition coefficient (Wildman–Crippen LogP) is 3.18. The van der Waals surface area contributed by atoms with Gasteiger partial charge in [-0.15, -0.1) is 0 Å². The first-order valence-electron chi connectivity index (χ1n) is 6.43. The third-order valence-electron chi connectivity index (χ3n) is 3.52. The minimum absolute atomic E-state index is 0.540. The zero-order valence-corrected chi connectivity index (χ0v) is 10.5. The van der Waals surface area contributed by atoms with Crippen LogP contribution in [0.2, 0.25) is 0 Å². The van der Waals surface area contributed by atoms with Gasteiger partial charge < -0.3 is 9.84 Å². The predicted molar refractivity (Wildman–Crippen MR) is 64.6 cm³/mol. The lowest BCUT2D eigenvalue weighted by molar-refractivity contribution is 0.338. The number of nitrogens with one attached hydrogen (secondary N) is 1. The maximum absolute atomic E-state index is 5.51. The van der Waals surface area contributed by atoms with E-state index < -0.39 is 0 Å². The van der Waals surface area contributed by atoms with Gasteiger partial charge in [-0.2, -0.15) is 0 Å². The Morgan fingerprint density at radius 2 is 2.06 bits per heavy atom. The maximum atomic E-state index is 5.51. The molecule has 90 valence electrons. The van der Waals surface area contributed by atoms with E-state index in [-0.39, 0.29) is 0 Å². The molecule has 0 aliphatic heterocycles. The summed E-state index contributed by atoms with van der Waals surface area (Å²) in [5.41, 5.74) is 2.50. The van der Waals surface area contributed by atoms with Crippen molar-refractivity contribution in [3.63, 3.8) is 0 Å². The molecule has 1 aromatic rings. The van der Waals surface area contributed by atoms with Gasteiger partial charge >= 0.3 is 0 Å². The maximum Gasteiger partial charge on any atom is 0.143 e. The molecule has 1 heterocycles. The Bertz CT molecular complexity index is 346. The quantitative estimate of drug-likeness (QED) is 0.795. The van der Waals surface area contributed by atoms with Gasteiger partial charge in [-0.3, -0.25) is 0 Å². The highest BCUT2D eigenvalue weighted by atomic mass is 16.5. The third kappa shape index (κ3) is 2.14. The topological polar surface area (TPSA) is 38.1 Å². The van der Waals surface area contributed by atoms with E-state index in [0.717, 1.165) is 31.0 Å². The van der Waals surface area contributed by atoms with Crippen LogP contribution in [0.5, 0.6) is 0 Å². The molecule has 0 fully saturated rings. The van der Waals surface area contributed by atoms with Gasteiger partial charge in [0.2, 0.25) is 0 Å². The zero-order chi connectivity index (χ0) is 11.5. The van der Waals surface area contributed by atoms with E-state index in [1.807, 2.05) is 0 Å². The Kier molecular flexibility index (Phi) is 3.64. The Balaban J connectivity index is 2.14. The second-order valence-electron chi connectivity index (χ2n) is 4.96. The van der Waals surface area contributed by atoms with E-state index in [1.54, 1.807) is 0 Å². The fourth-order valence-corrected chi connectivity index (χ4v) is 2.51. The van der Waals surface area contributed by atoms with Crippen LogP contribution in [0, 0.1) is 0 Å². The molecule has 2 rings (SSSR count). The van der Waals surface area contributed by atoms with Crippen molar-refractivity contribution in [2.45, 2.75) is 58.4 Å². The fraction of sp³-hybridized carbons (Fsp3) is 0.769. The Labute approximate surface area is 97.6 Å². The lowest BCUT2D eigenvalue weighted by atomic mass is 9.82. The highest BCUT2D eigenvalue weighted by Gasteiger charge is 2.29. The molecule has 0 spiro atoms. The van der Waals surface area contributed by atoms with Crippen molar-refractivity contribution in [2.24, 2.45) is 0 Å². The van der Waals surface area contributed by atoms with Crippen LogP contribution in [-0.4, -0.2) is 11.7 Å². The summed E-state index contributed by atoms with van der Waals surface area (Å²) in [6.45, 7) is 8.59. The smallest absolute Gasteiger partial charge is 0.143 e. The van der Waals surface area contributed by atoms with Crippen molar-refractivity contribution in [3.05, 3.63) is 17.0 Å². The van der Waals surface area contributed by atoms with E-state index >= 15 is 0 Å². The van der Waals surface area contributed by atoms with Gasteiger partial charge in [-0.05, 0) is 31.7 Å². The summed E-state index contributed by atoms with van der Waals surface area (Å²) >= 11 is 0. The molecule has 0 radical (unpaired) electrons. The van der Waals surface area contributed by atoms with Crippen molar-refractivity contribution in [2.75, 3.05) is 6.54 Å². The molecule has 1 N–H and O–H groups in total. The summed E-state index contributed by atoms with van der Waals surface area (Å²) in [5.74, 6) is 2.28. The highest BCUT2D eigenvalue weighted by Crippen LogP contribution is 2.39. The van der Waals surface area contributed by atoms with Gasteiger partial charge in [0.15, 0.2) is 0 Å². The molecule has 0 saturated heterocycles. The van der Waals surface area contributed by atoms with Gasteiger partial charge in [0.05, 0.1) is 0 Å². The minimum atomic E-state index is 0.540. The van der Waals surface area contributed by atoms with Crippen molar-refractivity contribution >= 4 is 0 Å². The molecule has 1 aromatic heterocycles. The van der Waals surface area contributed by atoms with Gasteiger partial charge in [0, 0.05) is 18.0 Å². The van der Waals surface area contributed by atoms with Crippen molar-refractivity contribution in [1.82, 2.24) is 10.5 Å². The molecule has 3 heteroatoms. The summed E-state index contributed by atoms with van der Waals surface area (Å²) in [4.78, 5) is 0. The van der Waals surface area contributed by atoms with Gasteiger partial charge in [-0.1, -0.05) is 25.9 Å². The lowest BCUT2D eigenvalue weighted by Crippen LogP contribution is -2.17. The average molecular weight is 222 g/mol. The van der Waals surface area contributed by atoms with Crippen LogP contribution in [-0.2, 0) is 6.54 Å². The third-order valence-corrected chi connectivity index (χ3v) is 3.52. The SMILES string of the molecule is CCCNCc1noc2c1C(C)CCC2C. The average Bonchev–Trinajstić information content (AvgIpc) is 2.69. The molecular weight excluding hydrogens is 200 g/mol. The molecule has 3 nitrogen and oxygen atoms in total. The van der Waals surface area contributed by atoms with Crippen LogP contribution in [0.25, 0.3) is 0 Å². The Hall–Kier alpha value is -0.830. The Morgan fingerprint density at radius 3 is 2.81 bits per heavy atom. The zero-order valence-electron chi connectivity index (χ0n) is 10.5.